The number of hydrogen-bond acceptors (Lipinski definition) is 14. The summed E-state index contributed by atoms with van der Waals surface area (Å²) in [6.07, 6.45) is 4.86. The monoisotopic (exact) mass is 1050 g/mol. The average Bonchev–Trinajstić information content (AvgIpc) is 3.95. The fraction of sp³-hybridized carbons (Fsp3) is 0.415. The van der Waals surface area contributed by atoms with Gasteiger partial charge in [0, 0.05) is 61.2 Å². The van der Waals surface area contributed by atoms with Gasteiger partial charge in [0.25, 0.3) is 17.4 Å². The van der Waals surface area contributed by atoms with Crippen LogP contribution in [-0.2, 0) is 84.2 Å². The van der Waals surface area contributed by atoms with Gasteiger partial charge < -0.3 is 50.6 Å². The third-order valence-electron chi connectivity index (χ3n) is 14.2. The van der Waals surface area contributed by atoms with Crippen LogP contribution in [0.25, 0.3) is 22.3 Å². The molecule has 3 atom stereocenters. The third kappa shape index (κ3) is 11.4. The number of likely N-dealkylation sites (N-methyl/N-ethyl adjacent to an activating group) is 1. The van der Waals surface area contributed by atoms with Crippen LogP contribution in [0.15, 0.2) is 59.4 Å². The number of benzene rings is 2. The number of pyridine rings is 2. The molecule has 0 bridgehead atoms. The van der Waals surface area contributed by atoms with Gasteiger partial charge in [-0.2, -0.15) is 0 Å². The molecule has 0 unspecified atom stereocenters. The number of amides is 8. The summed E-state index contributed by atoms with van der Waals surface area (Å²) < 4.78 is 27.7. The molecule has 23 heteroatoms. The molecule has 4 aromatic rings. The van der Waals surface area contributed by atoms with Gasteiger partial charge in [-0.05, 0) is 67.3 Å². The Bertz CT molecular complexity index is 3120. The van der Waals surface area contributed by atoms with E-state index in [1.54, 1.807) is 57.3 Å². The van der Waals surface area contributed by atoms with Gasteiger partial charge >= 0.3 is 5.97 Å². The fourth-order valence-electron chi connectivity index (χ4n) is 10.0. The van der Waals surface area contributed by atoms with Crippen LogP contribution < -0.4 is 32.1 Å². The van der Waals surface area contributed by atoms with Gasteiger partial charge in [0.1, 0.15) is 31.8 Å². The first-order chi connectivity index (χ1) is 36.4. The van der Waals surface area contributed by atoms with Crippen molar-refractivity contribution < 1.29 is 62.1 Å². The lowest BCUT2D eigenvalue weighted by Crippen LogP contribution is -2.52. The van der Waals surface area contributed by atoms with Crippen LogP contribution >= 0.6 is 0 Å². The third-order valence-corrected chi connectivity index (χ3v) is 14.2. The summed E-state index contributed by atoms with van der Waals surface area (Å²) in [5.74, 6) is -5.69. The number of esters is 1. The number of ether oxygens (including phenoxy) is 2. The molecule has 1 aliphatic carbocycles. The molecule has 22 nitrogen and oxygen atoms in total. The topological polar surface area (TPSA) is 294 Å². The number of fused-ring (bicyclic) bond motifs is 5. The number of aromatic nitrogens is 2. The van der Waals surface area contributed by atoms with Crippen LogP contribution in [0.1, 0.15) is 90.4 Å². The van der Waals surface area contributed by atoms with E-state index in [0.29, 0.717) is 76.6 Å². The molecule has 0 spiro atoms. The number of cyclic esters (lactones) is 1. The van der Waals surface area contributed by atoms with Crippen molar-refractivity contribution in [2.75, 3.05) is 46.6 Å². The van der Waals surface area contributed by atoms with Crippen molar-refractivity contribution in [3.05, 3.63) is 110 Å². The van der Waals surface area contributed by atoms with Crippen LogP contribution in [0, 0.1) is 12.7 Å². The molecule has 3 aliphatic heterocycles. The highest BCUT2D eigenvalue weighted by molar-refractivity contribution is 6.12. The first kappa shape index (κ1) is 54.1. The molecule has 2 aromatic carbocycles. The van der Waals surface area contributed by atoms with E-state index >= 15 is 4.39 Å². The van der Waals surface area contributed by atoms with E-state index in [1.165, 1.54) is 27.7 Å². The number of imide groups is 1. The van der Waals surface area contributed by atoms with E-state index in [0.717, 1.165) is 10.5 Å². The summed E-state index contributed by atoms with van der Waals surface area (Å²) >= 11 is 0. The minimum atomic E-state index is -2.05. The second-order valence-electron chi connectivity index (χ2n) is 19.0. The molecule has 0 saturated carbocycles. The molecule has 8 rings (SSSR count). The molecular formula is C53H58FN9O13. The highest BCUT2D eigenvalue weighted by atomic mass is 19.1. The van der Waals surface area contributed by atoms with Gasteiger partial charge in [-0.1, -0.05) is 43.7 Å². The predicted octanol–water partition coefficient (Wildman–Crippen LogP) is 0.625. The molecule has 0 fully saturated rings. The minimum Gasteiger partial charge on any atom is -0.458 e. The molecular weight excluding hydrogens is 990 g/mol. The van der Waals surface area contributed by atoms with E-state index in [1.807, 2.05) is 0 Å². The zero-order chi connectivity index (χ0) is 54.4. The number of nitrogens with one attached hydrogen (secondary N) is 5. The number of carbonyl (C=O) groups excluding carboxylic acids is 9. The Morgan fingerprint density at radius 2 is 1.59 bits per heavy atom. The lowest BCUT2D eigenvalue weighted by Gasteiger charge is -2.35. The Hall–Kier alpha value is -8.18. The van der Waals surface area contributed by atoms with Crippen LogP contribution in [0.4, 0.5) is 4.39 Å². The second kappa shape index (κ2) is 23.2. The van der Waals surface area contributed by atoms with Gasteiger partial charge in [-0.3, -0.25) is 48.1 Å². The number of carbonyl (C=O) groups is 9. The molecule has 4 aliphatic rings. The van der Waals surface area contributed by atoms with Gasteiger partial charge in [0.15, 0.2) is 5.60 Å². The maximum atomic E-state index is 15.4. The quantitative estimate of drug-likeness (QED) is 0.0240. The molecule has 5 heterocycles. The molecule has 0 radical (unpaired) electrons. The van der Waals surface area contributed by atoms with Crippen molar-refractivity contribution in [2.24, 2.45) is 0 Å². The Labute approximate surface area is 434 Å². The van der Waals surface area contributed by atoms with Crippen LogP contribution in [-0.4, -0.2) is 130 Å². The Morgan fingerprint density at radius 3 is 2.33 bits per heavy atom. The first-order valence-corrected chi connectivity index (χ1v) is 25.0. The van der Waals surface area contributed by atoms with E-state index < -0.39 is 103 Å². The summed E-state index contributed by atoms with van der Waals surface area (Å²) in [4.78, 5) is 135. The number of rotatable bonds is 22. The first-order valence-electron chi connectivity index (χ1n) is 25.0. The lowest BCUT2D eigenvalue weighted by atomic mass is 9.81. The van der Waals surface area contributed by atoms with Gasteiger partial charge in [-0.15, -0.1) is 0 Å². The van der Waals surface area contributed by atoms with Crippen LogP contribution in [0.3, 0.4) is 0 Å². The molecule has 6 N–H and O–H groups in total. The molecule has 76 heavy (non-hydrogen) atoms. The summed E-state index contributed by atoms with van der Waals surface area (Å²) in [7, 11) is 1.60. The van der Waals surface area contributed by atoms with Crippen LogP contribution in [0.5, 0.6) is 0 Å². The van der Waals surface area contributed by atoms with Crippen molar-refractivity contribution >= 4 is 64.1 Å². The van der Waals surface area contributed by atoms with E-state index in [9.17, 15) is 53.1 Å². The number of unbranched alkanes of at least 4 members (excludes halogenated alkanes) is 2. The number of halogens is 1. The van der Waals surface area contributed by atoms with Gasteiger partial charge in [0.05, 0.1) is 54.7 Å². The summed E-state index contributed by atoms with van der Waals surface area (Å²) in [6.45, 7) is 0.934. The maximum absolute atomic E-state index is 15.4. The minimum absolute atomic E-state index is 0.0371. The number of nitrogens with zero attached hydrogens (tertiary/aromatic N) is 4. The number of hydrogen-bond donors (Lipinski definition) is 6. The second-order valence-corrected chi connectivity index (χ2v) is 19.0. The predicted molar refractivity (Wildman–Crippen MR) is 267 cm³/mol. The zero-order valence-corrected chi connectivity index (χ0v) is 42.2. The standard InChI is InChI=1S/C53H58FN9O13/c1-4-53(74)34-20-39-49-32(25-63(39)51(72)33(34)26-76-52(53)73)48-38(15-14-31-29(2)35(54)21-36(60-49)47(31)48)61(3)46(70)27-75-28-58-42(66)23-57-50(71)37(19-30-11-7-5-8-12-30)59-43(67)24-56-41(65)22-55-40(64)13-9-6-10-18-62-44(68)16-17-45(62)69/h5,7-8,11-12,16-17,20-21,37-38,74H,4,6,9-10,13-15,18-19,22-28H2,1-3H3,(H,55,64)(H,56,65)(H,57,71)(H,58,66)(H,59,67)/t37-,38-,53-/m0/s1. The number of aliphatic hydroxyl groups is 1. The summed E-state index contributed by atoms with van der Waals surface area (Å²) in [5, 5.41) is 24.5. The molecule has 2 aromatic heterocycles. The summed E-state index contributed by atoms with van der Waals surface area (Å²) in [5.41, 5.74) is 1.95. The van der Waals surface area contributed by atoms with Crippen LogP contribution in [0.2, 0.25) is 0 Å². The Balaban J connectivity index is 0.818. The highest BCUT2D eigenvalue weighted by Gasteiger charge is 2.46. The smallest absolute Gasteiger partial charge is 0.343 e. The largest absolute Gasteiger partial charge is 0.458 e. The average molecular weight is 1050 g/mol. The van der Waals surface area contributed by atoms with Gasteiger partial charge in [-0.25, -0.2) is 14.2 Å². The van der Waals surface area contributed by atoms with E-state index in [2.05, 4.69) is 26.6 Å². The lowest BCUT2D eigenvalue weighted by molar-refractivity contribution is -0.172. The molecule has 8 amide bonds. The maximum Gasteiger partial charge on any atom is 0.343 e. The van der Waals surface area contributed by atoms with Gasteiger partial charge in [0.2, 0.25) is 35.4 Å². The molecule has 0 saturated heterocycles. The molecule has 400 valence electrons. The highest BCUT2D eigenvalue weighted by Crippen LogP contribution is 2.47. The van der Waals surface area contributed by atoms with E-state index in [4.69, 9.17) is 14.5 Å². The fourth-order valence-corrected chi connectivity index (χ4v) is 10.0. The summed E-state index contributed by atoms with van der Waals surface area (Å²) in [6, 6.07) is 9.91. The van der Waals surface area contributed by atoms with Crippen molar-refractivity contribution in [3.8, 4) is 11.4 Å². The van der Waals surface area contributed by atoms with Crippen molar-refractivity contribution in [2.45, 2.75) is 96.1 Å². The SMILES string of the molecule is CC[C@@]1(O)C(=O)OCc2c1cc1n(c2=O)Cc2c-1nc1cc(F)c(C)c3c1c2[C@@H](N(C)C(=O)COCNC(=O)CNC(=O)[C@H](Cc1ccccc1)NC(=O)CNC(=O)CNC(=O)CCCCCN1C(=O)C=CC1=O)CC3. The zero-order valence-electron chi connectivity index (χ0n) is 42.2. The van der Waals surface area contributed by atoms with Crippen molar-refractivity contribution in [1.29, 1.82) is 0 Å². The normalized spacial score (nSPS) is 17.3. The Morgan fingerprint density at radius 1 is 0.895 bits per heavy atom. The Kier molecular flexibility index (Phi) is 16.5. The number of aryl methyl sites for hydroxylation is 1. The van der Waals surface area contributed by atoms with Crippen molar-refractivity contribution in [3.63, 3.8) is 0 Å². The van der Waals surface area contributed by atoms with Crippen molar-refractivity contribution in [1.82, 2.24) is 45.9 Å². The van der Waals surface area contributed by atoms with E-state index in [-0.39, 0.29) is 61.9 Å².